The van der Waals surface area contributed by atoms with Crippen molar-refractivity contribution in [3.05, 3.63) is 47.2 Å². The van der Waals surface area contributed by atoms with Crippen LogP contribution in [0.1, 0.15) is 21.6 Å². The van der Waals surface area contributed by atoms with Crippen molar-refractivity contribution < 1.29 is 9.90 Å². The number of para-hydroxylation sites is 1. The molecule has 21 heavy (non-hydrogen) atoms. The Labute approximate surface area is 125 Å². The second-order valence-corrected chi connectivity index (χ2v) is 5.75. The van der Waals surface area contributed by atoms with Crippen molar-refractivity contribution in [3.8, 4) is 0 Å². The van der Waals surface area contributed by atoms with Crippen molar-refractivity contribution in [1.82, 2.24) is 15.2 Å². The van der Waals surface area contributed by atoms with Crippen LogP contribution in [0.5, 0.6) is 0 Å². The molecule has 2 aromatic heterocycles. The Kier molecular flexibility index (Phi) is 3.39. The Morgan fingerprint density at radius 3 is 2.71 bits per heavy atom. The summed E-state index contributed by atoms with van der Waals surface area (Å²) in [6.45, 7) is 3.51. The Balaban J connectivity index is 2.05. The number of rotatable bonds is 3. The minimum atomic E-state index is -0.982. The number of aromatic nitrogens is 3. The molecule has 0 bridgehead atoms. The summed E-state index contributed by atoms with van der Waals surface area (Å²) < 4.78 is 0. The van der Waals surface area contributed by atoms with E-state index in [9.17, 15) is 9.90 Å². The molecule has 2 N–H and O–H groups in total. The lowest BCUT2D eigenvalue weighted by Crippen LogP contribution is -2.08. The highest BCUT2D eigenvalue weighted by molar-refractivity contribution is 7.99. The number of nitrogens with zero attached hydrogens (tertiary/aromatic N) is 2. The van der Waals surface area contributed by atoms with Crippen molar-refractivity contribution in [2.75, 3.05) is 0 Å². The van der Waals surface area contributed by atoms with Gasteiger partial charge in [-0.3, -0.25) is 0 Å². The molecule has 0 aliphatic carbocycles. The van der Waals surface area contributed by atoms with Crippen LogP contribution in [0.25, 0.3) is 10.9 Å². The largest absolute Gasteiger partial charge is 0.478 e. The highest BCUT2D eigenvalue weighted by Crippen LogP contribution is 2.31. The van der Waals surface area contributed by atoms with Gasteiger partial charge in [0.1, 0.15) is 5.03 Å². The number of aromatic amines is 1. The molecule has 0 fully saturated rings. The van der Waals surface area contributed by atoms with Gasteiger partial charge < -0.3 is 10.1 Å². The van der Waals surface area contributed by atoms with Gasteiger partial charge in [-0.1, -0.05) is 18.2 Å². The summed E-state index contributed by atoms with van der Waals surface area (Å²) in [5.41, 5.74) is 2.50. The van der Waals surface area contributed by atoms with Crippen LogP contribution in [0.15, 0.2) is 40.4 Å². The number of hydrogen-bond donors (Lipinski definition) is 2. The molecule has 0 aliphatic heterocycles. The molecule has 0 radical (unpaired) electrons. The summed E-state index contributed by atoms with van der Waals surface area (Å²) in [5, 5.41) is 19.8. The molecule has 0 aliphatic rings. The smallest absolute Gasteiger partial charge is 0.338 e. The third kappa shape index (κ3) is 2.50. The molecule has 106 valence electrons. The summed E-state index contributed by atoms with van der Waals surface area (Å²) >= 11 is 1.28. The Morgan fingerprint density at radius 2 is 2.00 bits per heavy atom. The molecule has 2 heterocycles. The molecule has 3 rings (SSSR count). The number of aryl methyl sites for hydroxylation is 1. The van der Waals surface area contributed by atoms with Gasteiger partial charge >= 0.3 is 5.97 Å². The van der Waals surface area contributed by atoms with Gasteiger partial charge in [0.05, 0.1) is 16.3 Å². The number of aromatic carboxylic acids is 1. The molecular weight excluding hydrogens is 286 g/mol. The van der Waals surface area contributed by atoms with E-state index in [1.165, 1.54) is 11.8 Å². The van der Waals surface area contributed by atoms with E-state index in [1.807, 2.05) is 30.3 Å². The zero-order valence-electron chi connectivity index (χ0n) is 11.5. The lowest BCUT2D eigenvalue weighted by Gasteiger charge is -2.07. The lowest BCUT2D eigenvalue weighted by atomic mass is 10.1. The summed E-state index contributed by atoms with van der Waals surface area (Å²) in [7, 11) is 0. The predicted molar refractivity (Wildman–Crippen MR) is 80.9 cm³/mol. The maximum atomic E-state index is 11.5. The molecule has 6 heteroatoms. The van der Waals surface area contributed by atoms with E-state index < -0.39 is 5.97 Å². The maximum absolute atomic E-state index is 11.5. The van der Waals surface area contributed by atoms with Crippen LogP contribution in [-0.4, -0.2) is 26.3 Å². The van der Waals surface area contributed by atoms with Gasteiger partial charge in [-0.2, -0.15) is 5.10 Å². The zero-order chi connectivity index (χ0) is 15.0. The second kappa shape index (κ2) is 5.21. The Bertz CT molecular complexity index is 809. The van der Waals surface area contributed by atoms with Crippen molar-refractivity contribution in [3.63, 3.8) is 0 Å². The van der Waals surface area contributed by atoms with E-state index >= 15 is 0 Å². The molecule has 1 aromatic carbocycles. The van der Waals surface area contributed by atoms with Gasteiger partial charge in [0.25, 0.3) is 0 Å². The van der Waals surface area contributed by atoms with E-state index in [0.717, 1.165) is 15.9 Å². The maximum Gasteiger partial charge on any atom is 0.338 e. The molecule has 0 unspecified atom stereocenters. The first-order chi connectivity index (χ1) is 10.1. The monoisotopic (exact) mass is 299 g/mol. The van der Waals surface area contributed by atoms with Crippen LogP contribution in [0.2, 0.25) is 0 Å². The number of hydrogen-bond acceptors (Lipinski definition) is 4. The minimum Gasteiger partial charge on any atom is -0.478 e. The van der Waals surface area contributed by atoms with Crippen molar-refractivity contribution in [1.29, 1.82) is 0 Å². The molecule has 5 nitrogen and oxygen atoms in total. The van der Waals surface area contributed by atoms with Gasteiger partial charge in [-0.15, -0.1) is 5.10 Å². The van der Waals surface area contributed by atoms with Gasteiger partial charge in [0.2, 0.25) is 0 Å². The van der Waals surface area contributed by atoms with Crippen molar-refractivity contribution in [2.45, 2.75) is 23.9 Å². The van der Waals surface area contributed by atoms with Crippen LogP contribution in [-0.2, 0) is 0 Å². The molecule has 0 saturated heterocycles. The van der Waals surface area contributed by atoms with Crippen LogP contribution >= 0.6 is 11.8 Å². The Hall–Kier alpha value is -2.34. The van der Waals surface area contributed by atoms with Gasteiger partial charge in [0.15, 0.2) is 0 Å². The summed E-state index contributed by atoms with van der Waals surface area (Å²) in [5.74, 6) is -0.982. The summed E-state index contributed by atoms with van der Waals surface area (Å²) in [4.78, 5) is 14.7. The second-order valence-electron chi connectivity index (χ2n) is 4.72. The third-order valence-corrected chi connectivity index (χ3v) is 4.27. The average Bonchev–Trinajstić information content (AvgIpc) is 2.85. The fraction of sp³-hybridized carbons (Fsp3) is 0.133. The SMILES string of the molecule is Cc1nnc(Sc2cc3ccccc3[nH]2)c(C(=O)O)c1C. The normalized spacial score (nSPS) is 11.0. The number of carbonyl (C=O) groups is 1. The highest BCUT2D eigenvalue weighted by Gasteiger charge is 2.19. The van der Waals surface area contributed by atoms with Gasteiger partial charge in [-0.05, 0) is 43.3 Å². The van der Waals surface area contributed by atoms with Crippen molar-refractivity contribution >= 4 is 28.6 Å². The lowest BCUT2D eigenvalue weighted by molar-refractivity contribution is 0.0690. The molecule has 0 saturated carbocycles. The topological polar surface area (TPSA) is 78.9 Å². The molecule has 0 atom stereocenters. The first kappa shape index (κ1) is 13.6. The van der Waals surface area contributed by atoms with E-state index in [2.05, 4.69) is 15.2 Å². The number of nitrogens with one attached hydrogen (secondary N) is 1. The number of fused-ring (bicyclic) bond motifs is 1. The van der Waals surface area contributed by atoms with E-state index in [1.54, 1.807) is 13.8 Å². The summed E-state index contributed by atoms with van der Waals surface area (Å²) in [6, 6.07) is 9.86. The van der Waals surface area contributed by atoms with Crippen molar-refractivity contribution in [2.24, 2.45) is 0 Å². The number of carboxylic acids is 1. The first-order valence-corrected chi connectivity index (χ1v) is 7.20. The highest BCUT2D eigenvalue weighted by atomic mass is 32.2. The van der Waals surface area contributed by atoms with E-state index in [0.29, 0.717) is 16.3 Å². The van der Waals surface area contributed by atoms with E-state index in [-0.39, 0.29) is 5.56 Å². The molecule has 0 spiro atoms. The average molecular weight is 299 g/mol. The fourth-order valence-corrected chi connectivity index (χ4v) is 3.10. The third-order valence-electron chi connectivity index (χ3n) is 3.35. The van der Waals surface area contributed by atoms with Crippen LogP contribution in [0.3, 0.4) is 0 Å². The number of H-pyrrole nitrogens is 1. The summed E-state index contributed by atoms with van der Waals surface area (Å²) in [6.07, 6.45) is 0. The van der Waals surface area contributed by atoms with Gasteiger partial charge in [0, 0.05) is 10.9 Å². The Morgan fingerprint density at radius 1 is 1.24 bits per heavy atom. The quantitative estimate of drug-likeness (QED) is 0.774. The number of carboxylic acid groups (broad SMARTS) is 1. The van der Waals surface area contributed by atoms with Crippen LogP contribution in [0, 0.1) is 13.8 Å². The van der Waals surface area contributed by atoms with Crippen LogP contribution in [0.4, 0.5) is 0 Å². The van der Waals surface area contributed by atoms with E-state index in [4.69, 9.17) is 0 Å². The number of benzene rings is 1. The standard InChI is InChI=1S/C15H13N3O2S/c1-8-9(2)17-18-14(13(8)15(19)20)21-12-7-10-5-3-4-6-11(10)16-12/h3-7,16H,1-2H3,(H,19,20). The van der Waals surface area contributed by atoms with Gasteiger partial charge in [-0.25, -0.2) is 4.79 Å². The molecule has 3 aromatic rings. The fourth-order valence-electron chi connectivity index (χ4n) is 2.12. The zero-order valence-corrected chi connectivity index (χ0v) is 12.4. The predicted octanol–water partition coefficient (Wildman–Crippen LogP) is 3.42. The van der Waals surface area contributed by atoms with Crippen LogP contribution < -0.4 is 0 Å². The minimum absolute atomic E-state index is 0.214. The first-order valence-electron chi connectivity index (χ1n) is 6.39. The molecule has 0 amide bonds. The molecular formula is C15H13N3O2S.